The van der Waals surface area contributed by atoms with Crippen molar-refractivity contribution in [2.75, 3.05) is 19.6 Å². The fraction of sp³-hybridized carbons (Fsp3) is 1.00. The average Bonchev–Trinajstić information content (AvgIpc) is 2.01. The molecule has 0 aromatic heterocycles. The monoisotopic (exact) mass is 173 g/mol. The van der Waals surface area contributed by atoms with Crippen LogP contribution in [0.25, 0.3) is 0 Å². The number of piperidine rings is 1. The van der Waals surface area contributed by atoms with Crippen LogP contribution in [-0.2, 0) is 0 Å². The van der Waals surface area contributed by atoms with E-state index in [1.807, 2.05) is 0 Å². The van der Waals surface area contributed by atoms with E-state index >= 15 is 0 Å². The molecule has 1 nitrogen and oxygen atoms in total. The second kappa shape index (κ2) is 4.80. The van der Waals surface area contributed by atoms with Gasteiger partial charge in [0.05, 0.1) is 0 Å². The lowest BCUT2D eigenvalue weighted by molar-refractivity contribution is 0.134. The maximum absolute atomic E-state index is 12.9. The first-order valence-electron chi connectivity index (χ1n) is 5.05. The molecule has 1 unspecified atom stereocenters. The van der Waals surface area contributed by atoms with Crippen LogP contribution in [0.15, 0.2) is 0 Å². The molecule has 1 atom stereocenters. The highest BCUT2D eigenvalue weighted by atomic mass is 19.1. The zero-order valence-corrected chi connectivity index (χ0v) is 8.22. The van der Waals surface area contributed by atoms with Crippen LogP contribution in [0.1, 0.15) is 33.1 Å². The number of rotatable bonds is 3. The van der Waals surface area contributed by atoms with Gasteiger partial charge in [0.1, 0.15) is 6.17 Å². The predicted octanol–water partition coefficient (Wildman–Crippen LogP) is 2.47. The van der Waals surface area contributed by atoms with E-state index in [9.17, 15) is 4.39 Å². The Morgan fingerprint density at radius 2 is 2.25 bits per heavy atom. The van der Waals surface area contributed by atoms with Gasteiger partial charge in [-0.1, -0.05) is 13.8 Å². The van der Waals surface area contributed by atoms with Crippen molar-refractivity contribution < 1.29 is 4.39 Å². The Hall–Kier alpha value is -0.110. The van der Waals surface area contributed by atoms with Crippen molar-refractivity contribution in [3.8, 4) is 0 Å². The number of hydrogen-bond donors (Lipinski definition) is 0. The number of halogens is 1. The van der Waals surface area contributed by atoms with Crippen molar-refractivity contribution in [3.63, 3.8) is 0 Å². The minimum absolute atomic E-state index is 0.564. The van der Waals surface area contributed by atoms with Gasteiger partial charge in [-0.15, -0.1) is 0 Å². The minimum atomic E-state index is -0.564. The first kappa shape index (κ1) is 9.97. The highest BCUT2D eigenvalue weighted by Gasteiger charge is 2.18. The van der Waals surface area contributed by atoms with Crippen molar-refractivity contribution in [2.45, 2.75) is 39.3 Å². The van der Waals surface area contributed by atoms with Crippen molar-refractivity contribution >= 4 is 0 Å². The SMILES string of the molecule is CC(C)CCN1CCCC(F)C1. The van der Waals surface area contributed by atoms with Gasteiger partial charge in [0.25, 0.3) is 0 Å². The summed E-state index contributed by atoms with van der Waals surface area (Å²) < 4.78 is 12.9. The van der Waals surface area contributed by atoms with Gasteiger partial charge in [0.15, 0.2) is 0 Å². The average molecular weight is 173 g/mol. The molecule has 72 valence electrons. The molecule has 0 radical (unpaired) electrons. The molecule has 0 spiro atoms. The highest BCUT2D eigenvalue weighted by Crippen LogP contribution is 2.14. The van der Waals surface area contributed by atoms with E-state index in [1.54, 1.807) is 0 Å². The van der Waals surface area contributed by atoms with Crippen LogP contribution >= 0.6 is 0 Å². The van der Waals surface area contributed by atoms with Crippen LogP contribution in [-0.4, -0.2) is 30.7 Å². The first-order chi connectivity index (χ1) is 5.68. The third-order valence-corrected chi connectivity index (χ3v) is 2.47. The summed E-state index contributed by atoms with van der Waals surface area (Å²) in [5.41, 5.74) is 0. The van der Waals surface area contributed by atoms with Crippen molar-refractivity contribution in [1.82, 2.24) is 4.90 Å². The van der Waals surface area contributed by atoms with E-state index < -0.39 is 6.17 Å². The summed E-state index contributed by atoms with van der Waals surface area (Å²) in [6.07, 6.45) is 2.45. The summed E-state index contributed by atoms with van der Waals surface area (Å²) in [7, 11) is 0. The molecule has 0 aliphatic carbocycles. The molecular weight excluding hydrogens is 153 g/mol. The predicted molar refractivity (Wildman–Crippen MR) is 50.0 cm³/mol. The fourth-order valence-electron chi connectivity index (χ4n) is 1.64. The molecule has 0 bridgehead atoms. The molecule has 1 rings (SSSR count). The van der Waals surface area contributed by atoms with E-state index in [4.69, 9.17) is 0 Å². The van der Waals surface area contributed by atoms with Gasteiger partial charge in [-0.05, 0) is 38.3 Å². The number of likely N-dealkylation sites (tertiary alicyclic amines) is 1. The van der Waals surface area contributed by atoms with Crippen molar-refractivity contribution in [1.29, 1.82) is 0 Å². The molecule has 1 aliphatic heterocycles. The van der Waals surface area contributed by atoms with E-state index in [-0.39, 0.29) is 0 Å². The summed E-state index contributed by atoms with van der Waals surface area (Å²) in [6.45, 7) is 7.30. The molecule has 0 N–H and O–H groups in total. The summed E-state index contributed by atoms with van der Waals surface area (Å²) >= 11 is 0. The molecule has 2 heteroatoms. The van der Waals surface area contributed by atoms with Gasteiger partial charge in [-0.2, -0.15) is 0 Å². The summed E-state index contributed by atoms with van der Waals surface area (Å²) in [5.74, 6) is 0.741. The van der Waals surface area contributed by atoms with Gasteiger partial charge < -0.3 is 4.90 Å². The Kier molecular flexibility index (Phi) is 3.99. The lowest BCUT2D eigenvalue weighted by Crippen LogP contribution is -2.37. The fourth-order valence-corrected chi connectivity index (χ4v) is 1.64. The summed E-state index contributed by atoms with van der Waals surface area (Å²) in [5, 5.41) is 0. The van der Waals surface area contributed by atoms with Gasteiger partial charge in [0.2, 0.25) is 0 Å². The molecule has 1 fully saturated rings. The van der Waals surface area contributed by atoms with Crippen LogP contribution in [0.4, 0.5) is 4.39 Å². The normalized spacial score (nSPS) is 26.5. The second-order valence-electron chi connectivity index (χ2n) is 4.22. The largest absolute Gasteiger partial charge is 0.300 e. The Bertz CT molecular complexity index is 125. The quantitative estimate of drug-likeness (QED) is 0.633. The Morgan fingerprint density at radius 3 is 2.83 bits per heavy atom. The molecule has 12 heavy (non-hydrogen) atoms. The van der Waals surface area contributed by atoms with E-state index in [1.165, 1.54) is 6.42 Å². The zero-order valence-electron chi connectivity index (χ0n) is 8.22. The highest BCUT2D eigenvalue weighted by molar-refractivity contribution is 4.72. The van der Waals surface area contributed by atoms with E-state index in [0.717, 1.165) is 31.8 Å². The van der Waals surface area contributed by atoms with Crippen LogP contribution in [0.5, 0.6) is 0 Å². The smallest absolute Gasteiger partial charge is 0.113 e. The van der Waals surface area contributed by atoms with Crippen LogP contribution in [0.2, 0.25) is 0 Å². The molecule has 1 heterocycles. The third kappa shape index (κ3) is 3.53. The first-order valence-corrected chi connectivity index (χ1v) is 5.05. The van der Waals surface area contributed by atoms with Gasteiger partial charge in [-0.25, -0.2) is 4.39 Å². The van der Waals surface area contributed by atoms with Crippen LogP contribution < -0.4 is 0 Å². The molecule has 0 amide bonds. The number of alkyl halides is 1. The molecule has 1 aliphatic rings. The van der Waals surface area contributed by atoms with Crippen molar-refractivity contribution in [3.05, 3.63) is 0 Å². The van der Waals surface area contributed by atoms with Gasteiger partial charge >= 0.3 is 0 Å². The maximum Gasteiger partial charge on any atom is 0.113 e. The summed E-state index contributed by atoms with van der Waals surface area (Å²) in [6, 6.07) is 0. The van der Waals surface area contributed by atoms with Gasteiger partial charge in [0, 0.05) is 6.54 Å². The molecular formula is C10H20FN. The minimum Gasteiger partial charge on any atom is -0.300 e. The number of nitrogens with zero attached hydrogens (tertiary/aromatic N) is 1. The Balaban J connectivity index is 2.14. The lowest BCUT2D eigenvalue weighted by Gasteiger charge is -2.29. The number of hydrogen-bond acceptors (Lipinski definition) is 1. The Morgan fingerprint density at radius 1 is 1.50 bits per heavy atom. The van der Waals surface area contributed by atoms with E-state index in [0.29, 0.717) is 6.54 Å². The molecule has 0 aromatic rings. The zero-order chi connectivity index (χ0) is 8.97. The Labute approximate surface area is 74.9 Å². The lowest BCUT2D eigenvalue weighted by atomic mass is 10.1. The van der Waals surface area contributed by atoms with E-state index in [2.05, 4.69) is 18.7 Å². The van der Waals surface area contributed by atoms with Crippen molar-refractivity contribution in [2.24, 2.45) is 5.92 Å². The molecule has 1 saturated heterocycles. The summed E-state index contributed by atoms with van der Waals surface area (Å²) in [4.78, 5) is 2.26. The van der Waals surface area contributed by atoms with Crippen LogP contribution in [0.3, 0.4) is 0 Å². The van der Waals surface area contributed by atoms with Gasteiger partial charge in [-0.3, -0.25) is 0 Å². The van der Waals surface area contributed by atoms with Crippen LogP contribution in [0, 0.1) is 5.92 Å². The molecule has 0 saturated carbocycles. The topological polar surface area (TPSA) is 3.24 Å². The second-order valence-corrected chi connectivity index (χ2v) is 4.22. The standard InChI is InChI=1S/C10H20FN/c1-9(2)5-7-12-6-3-4-10(11)8-12/h9-10H,3-8H2,1-2H3. The maximum atomic E-state index is 12.9. The molecule has 0 aromatic carbocycles. The third-order valence-electron chi connectivity index (χ3n) is 2.47.